The SMILES string of the molecule is COCCC(C)(O)CNC(=O)COc1ccc(F)cc1Cl. The van der Waals surface area contributed by atoms with Crippen LogP contribution in [0, 0.1) is 5.82 Å². The number of carbonyl (C=O) groups is 1. The van der Waals surface area contributed by atoms with E-state index < -0.39 is 17.3 Å². The molecule has 21 heavy (non-hydrogen) atoms. The minimum atomic E-state index is -1.06. The Balaban J connectivity index is 2.37. The number of nitrogens with one attached hydrogen (secondary N) is 1. The van der Waals surface area contributed by atoms with Crippen molar-refractivity contribution < 1.29 is 23.8 Å². The summed E-state index contributed by atoms with van der Waals surface area (Å²) in [5.74, 6) is -0.668. The van der Waals surface area contributed by atoms with Crippen molar-refractivity contribution in [1.82, 2.24) is 5.32 Å². The minimum absolute atomic E-state index is 0.0791. The number of methoxy groups -OCH3 is 1. The molecule has 118 valence electrons. The van der Waals surface area contributed by atoms with Crippen molar-refractivity contribution in [2.24, 2.45) is 0 Å². The van der Waals surface area contributed by atoms with E-state index >= 15 is 0 Å². The first kappa shape index (κ1) is 17.7. The third-order valence-electron chi connectivity index (χ3n) is 2.76. The Bertz CT molecular complexity index is 482. The number of hydrogen-bond acceptors (Lipinski definition) is 4. The van der Waals surface area contributed by atoms with Crippen LogP contribution < -0.4 is 10.1 Å². The number of carbonyl (C=O) groups excluding carboxylic acids is 1. The maximum Gasteiger partial charge on any atom is 0.258 e. The summed E-state index contributed by atoms with van der Waals surface area (Å²) < 4.78 is 22.9. The predicted molar refractivity (Wildman–Crippen MR) is 77.0 cm³/mol. The number of rotatable bonds is 8. The van der Waals surface area contributed by atoms with Gasteiger partial charge in [-0.1, -0.05) is 11.6 Å². The molecule has 0 fully saturated rings. The van der Waals surface area contributed by atoms with E-state index in [2.05, 4.69) is 5.32 Å². The quantitative estimate of drug-likeness (QED) is 0.766. The fourth-order valence-electron chi connectivity index (χ4n) is 1.49. The van der Waals surface area contributed by atoms with Gasteiger partial charge in [0.15, 0.2) is 6.61 Å². The van der Waals surface area contributed by atoms with Crippen molar-refractivity contribution in [3.8, 4) is 5.75 Å². The molecule has 0 heterocycles. The van der Waals surface area contributed by atoms with Gasteiger partial charge in [0.25, 0.3) is 5.91 Å². The highest BCUT2D eigenvalue weighted by Gasteiger charge is 2.21. The molecule has 0 saturated heterocycles. The molecule has 0 radical (unpaired) electrons. The second-order valence-corrected chi connectivity index (χ2v) is 5.29. The van der Waals surface area contributed by atoms with Crippen LogP contribution in [-0.2, 0) is 9.53 Å². The van der Waals surface area contributed by atoms with Crippen LogP contribution in [0.15, 0.2) is 18.2 Å². The van der Waals surface area contributed by atoms with Crippen molar-refractivity contribution in [1.29, 1.82) is 0 Å². The molecule has 0 aliphatic carbocycles. The standard InChI is InChI=1S/C14H19ClFNO4/c1-14(19,5-6-20-2)9-17-13(18)8-21-12-4-3-10(16)7-11(12)15/h3-4,7,19H,5-6,8-9H2,1-2H3,(H,17,18). The zero-order valence-electron chi connectivity index (χ0n) is 12.0. The maximum atomic E-state index is 12.8. The fourth-order valence-corrected chi connectivity index (χ4v) is 1.71. The Morgan fingerprint density at radius 3 is 2.86 bits per heavy atom. The van der Waals surface area contributed by atoms with Crippen LogP contribution in [-0.4, -0.2) is 43.5 Å². The lowest BCUT2D eigenvalue weighted by Gasteiger charge is -2.23. The Kier molecular flexibility index (Phi) is 6.87. The average molecular weight is 320 g/mol. The second-order valence-electron chi connectivity index (χ2n) is 4.88. The Labute approximate surface area is 128 Å². The number of aliphatic hydroxyl groups is 1. The van der Waals surface area contributed by atoms with Crippen molar-refractivity contribution >= 4 is 17.5 Å². The van der Waals surface area contributed by atoms with Crippen LogP contribution >= 0.6 is 11.6 Å². The molecule has 1 amide bonds. The van der Waals surface area contributed by atoms with Gasteiger partial charge in [0.2, 0.25) is 0 Å². The summed E-state index contributed by atoms with van der Waals surface area (Å²) in [7, 11) is 1.54. The van der Waals surface area contributed by atoms with Gasteiger partial charge in [-0.15, -0.1) is 0 Å². The summed E-state index contributed by atoms with van der Waals surface area (Å²) in [4.78, 5) is 11.6. The van der Waals surface area contributed by atoms with Gasteiger partial charge in [-0.05, 0) is 25.1 Å². The molecule has 0 spiro atoms. The third kappa shape index (κ3) is 6.75. The molecule has 1 aromatic rings. The van der Waals surface area contributed by atoms with E-state index in [4.69, 9.17) is 21.1 Å². The highest BCUT2D eigenvalue weighted by Crippen LogP contribution is 2.24. The lowest BCUT2D eigenvalue weighted by Crippen LogP contribution is -2.42. The molecule has 0 aliphatic heterocycles. The zero-order chi connectivity index (χ0) is 15.9. The molecule has 1 unspecified atom stereocenters. The second kappa shape index (κ2) is 8.17. The summed E-state index contributed by atoms with van der Waals surface area (Å²) in [5, 5.41) is 12.6. The molecular formula is C14H19ClFNO4. The van der Waals surface area contributed by atoms with Crippen LogP contribution in [0.4, 0.5) is 4.39 Å². The fraction of sp³-hybridized carbons (Fsp3) is 0.500. The van der Waals surface area contributed by atoms with E-state index in [-0.39, 0.29) is 23.9 Å². The Hall–Kier alpha value is -1.37. The molecule has 1 atom stereocenters. The van der Waals surface area contributed by atoms with E-state index in [0.717, 1.165) is 6.07 Å². The minimum Gasteiger partial charge on any atom is -0.482 e. The average Bonchev–Trinajstić information content (AvgIpc) is 2.42. The van der Waals surface area contributed by atoms with Crippen LogP contribution in [0.25, 0.3) is 0 Å². The van der Waals surface area contributed by atoms with E-state index in [1.165, 1.54) is 19.2 Å². The van der Waals surface area contributed by atoms with Gasteiger partial charge in [0.05, 0.1) is 10.6 Å². The van der Waals surface area contributed by atoms with E-state index in [1.807, 2.05) is 0 Å². The predicted octanol–water partition coefficient (Wildman–Crippen LogP) is 1.76. The summed E-state index contributed by atoms with van der Waals surface area (Å²) >= 11 is 5.77. The molecule has 0 bridgehead atoms. The van der Waals surface area contributed by atoms with Crippen molar-refractivity contribution in [2.45, 2.75) is 18.9 Å². The molecule has 2 N–H and O–H groups in total. The van der Waals surface area contributed by atoms with Gasteiger partial charge in [0.1, 0.15) is 11.6 Å². The van der Waals surface area contributed by atoms with Gasteiger partial charge in [0, 0.05) is 26.7 Å². The van der Waals surface area contributed by atoms with Crippen LogP contribution in [0.5, 0.6) is 5.75 Å². The van der Waals surface area contributed by atoms with Crippen LogP contribution in [0.3, 0.4) is 0 Å². The molecule has 7 heteroatoms. The molecular weight excluding hydrogens is 301 g/mol. The number of ether oxygens (including phenoxy) is 2. The Morgan fingerprint density at radius 2 is 2.24 bits per heavy atom. The molecule has 0 saturated carbocycles. The highest BCUT2D eigenvalue weighted by atomic mass is 35.5. The third-order valence-corrected chi connectivity index (χ3v) is 3.06. The first-order valence-electron chi connectivity index (χ1n) is 6.40. The molecule has 0 aromatic heterocycles. The number of halogens is 2. The number of amides is 1. The van der Waals surface area contributed by atoms with Gasteiger partial charge >= 0.3 is 0 Å². The highest BCUT2D eigenvalue weighted by molar-refractivity contribution is 6.32. The summed E-state index contributed by atoms with van der Waals surface area (Å²) in [6.07, 6.45) is 0.397. The van der Waals surface area contributed by atoms with E-state index in [1.54, 1.807) is 6.92 Å². The molecule has 0 aliphatic rings. The summed E-state index contributed by atoms with van der Waals surface area (Å²) in [5.41, 5.74) is -1.06. The lowest BCUT2D eigenvalue weighted by molar-refractivity contribution is -0.124. The topological polar surface area (TPSA) is 67.8 Å². The summed E-state index contributed by atoms with van der Waals surface area (Å²) in [6.45, 7) is 1.80. The first-order valence-corrected chi connectivity index (χ1v) is 6.78. The normalized spacial score (nSPS) is 13.6. The molecule has 5 nitrogen and oxygen atoms in total. The van der Waals surface area contributed by atoms with Crippen LogP contribution in [0.1, 0.15) is 13.3 Å². The van der Waals surface area contributed by atoms with Gasteiger partial charge in [-0.25, -0.2) is 4.39 Å². The molecule has 1 aromatic carbocycles. The summed E-state index contributed by atoms with van der Waals surface area (Å²) in [6, 6.07) is 3.64. The van der Waals surface area contributed by atoms with Crippen molar-refractivity contribution in [3.63, 3.8) is 0 Å². The first-order chi connectivity index (χ1) is 9.84. The number of hydrogen-bond donors (Lipinski definition) is 2. The monoisotopic (exact) mass is 319 g/mol. The number of benzene rings is 1. The maximum absolute atomic E-state index is 12.8. The van der Waals surface area contributed by atoms with E-state index in [0.29, 0.717) is 13.0 Å². The van der Waals surface area contributed by atoms with Crippen molar-refractivity contribution in [2.75, 3.05) is 26.9 Å². The molecule has 1 rings (SSSR count). The van der Waals surface area contributed by atoms with Crippen LogP contribution in [0.2, 0.25) is 5.02 Å². The van der Waals surface area contributed by atoms with E-state index in [9.17, 15) is 14.3 Å². The van der Waals surface area contributed by atoms with Gasteiger partial charge in [-0.3, -0.25) is 4.79 Å². The van der Waals surface area contributed by atoms with Crippen molar-refractivity contribution in [3.05, 3.63) is 29.0 Å². The smallest absolute Gasteiger partial charge is 0.258 e. The van der Waals surface area contributed by atoms with Gasteiger partial charge in [-0.2, -0.15) is 0 Å². The lowest BCUT2D eigenvalue weighted by atomic mass is 10.0. The Morgan fingerprint density at radius 1 is 1.52 bits per heavy atom. The zero-order valence-corrected chi connectivity index (χ0v) is 12.7. The van der Waals surface area contributed by atoms with Gasteiger partial charge < -0.3 is 19.9 Å². The largest absolute Gasteiger partial charge is 0.482 e.